The Balaban J connectivity index is 1.54. The van der Waals surface area contributed by atoms with E-state index in [0.29, 0.717) is 12.3 Å². The molecule has 5 heteroatoms. The van der Waals surface area contributed by atoms with Crippen molar-refractivity contribution in [3.8, 4) is 11.5 Å². The summed E-state index contributed by atoms with van der Waals surface area (Å²) >= 11 is 0. The topological polar surface area (TPSA) is 47.8 Å². The summed E-state index contributed by atoms with van der Waals surface area (Å²) in [6.07, 6.45) is 1.92. The molecule has 0 saturated carbocycles. The van der Waals surface area contributed by atoms with Crippen molar-refractivity contribution in [1.82, 2.24) is 9.99 Å². The lowest BCUT2D eigenvalue weighted by molar-refractivity contribution is 0.354. The number of aromatic nitrogens is 1. The first-order valence-corrected chi connectivity index (χ1v) is 10.3. The van der Waals surface area contributed by atoms with Gasteiger partial charge >= 0.3 is 0 Å². The summed E-state index contributed by atoms with van der Waals surface area (Å²) in [5.74, 6) is 1.43. The first-order chi connectivity index (χ1) is 15.2. The molecular weight excluding hydrogens is 386 g/mol. The van der Waals surface area contributed by atoms with Gasteiger partial charge in [-0.05, 0) is 36.2 Å². The van der Waals surface area contributed by atoms with Crippen molar-refractivity contribution in [3.63, 3.8) is 0 Å². The number of hydrogen-bond acceptors (Lipinski definition) is 4. The second-order valence-electron chi connectivity index (χ2n) is 7.37. The predicted molar refractivity (Wildman–Crippen MR) is 126 cm³/mol. The Hall–Kier alpha value is -3.73. The molecule has 1 aromatic heterocycles. The summed E-state index contributed by atoms with van der Waals surface area (Å²) in [4.78, 5) is 0. The molecule has 1 heterocycles. The highest BCUT2D eigenvalue weighted by Gasteiger charge is 2.12. The highest BCUT2D eigenvalue weighted by Crippen LogP contribution is 2.28. The number of benzene rings is 3. The summed E-state index contributed by atoms with van der Waals surface area (Å²) in [7, 11) is 3.28. The summed E-state index contributed by atoms with van der Waals surface area (Å²) in [5.41, 5.74) is 9.04. The third-order valence-corrected chi connectivity index (χ3v) is 5.48. The van der Waals surface area contributed by atoms with Crippen molar-refractivity contribution in [1.29, 1.82) is 0 Å². The molecule has 0 unspecified atom stereocenters. The lowest BCUT2D eigenvalue weighted by Crippen LogP contribution is -2.06. The van der Waals surface area contributed by atoms with E-state index >= 15 is 0 Å². The van der Waals surface area contributed by atoms with Crippen molar-refractivity contribution in [2.45, 2.75) is 20.0 Å². The SMILES string of the molecule is COc1ccc(CN/N=C\c2c(C)n(Cc3ccccc3)c3ccccc23)cc1OC. The third kappa shape index (κ3) is 4.40. The molecule has 0 radical (unpaired) electrons. The molecule has 1 N–H and O–H groups in total. The van der Waals surface area contributed by atoms with Crippen molar-refractivity contribution < 1.29 is 9.47 Å². The Labute approximate surface area is 182 Å². The maximum absolute atomic E-state index is 5.37. The molecule has 0 saturated heterocycles. The van der Waals surface area contributed by atoms with Crippen molar-refractivity contribution >= 4 is 17.1 Å². The van der Waals surface area contributed by atoms with E-state index in [0.717, 1.165) is 23.4 Å². The molecule has 0 amide bonds. The van der Waals surface area contributed by atoms with Gasteiger partial charge in [-0.25, -0.2) is 0 Å². The van der Waals surface area contributed by atoms with Gasteiger partial charge in [-0.2, -0.15) is 5.10 Å². The zero-order valence-corrected chi connectivity index (χ0v) is 18.1. The van der Waals surface area contributed by atoms with Gasteiger partial charge < -0.3 is 19.5 Å². The summed E-state index contributed by atoms with van der Waals surface area (Å²) in [6.45, 7) is 3.58. The zero-order valence-electron chi connectivity index (χ0n) is 18.1. The Morgan fingerprint density at radius 2 is 1.61 bits per heavy atom. The van der Waals surface area contributed by atoms with E-state index in [-0.39, 0.29) is 0 Å². The number of nitrogens with zero attached hydrogens (tertiary/aromatic N) is 2. The quantitative estimate of drug-likeness (QED) is 0.321. The van der Waals surface area contributed by atoms with Gasteiger partial charge in [-0.3, -0.25) is 0 Å². The van der Waals surface area contributed by atoms with E-state index in [1.807, 2.05) is 30.5 Å². The van der Waals surface area contributed by atoms with E-state index in [4.69, 9.17) is 9.47 Å². The summed E-state index contributed by atoms with van der Waals surface area (Å²) in [5, 5.41) is 5.71. The molecule has 3 aromatic carbocycles. The smallest absolute Gasteiger partial charge is 0.161 e. The van der Waals surface area contributed by atoms with Gasteiger partial charge in [0, 0.05) is 28.7 Å². The van der Waals surface area contributed by atoms with Crippen LogP contribution >= 0.6 is 0 Å². The van der Waals surface area contributed by atoms with Crippen LogP contribution < -0.4 is 14.9 Å². The number of hydrazone groups is 1. The molecule has 4 rings (SSSR count). The van der Waals surface area contributed by atoms with Crippen LogP contribution in [0.3, 0.4) is 0 Å². The Bertz CT molecular complexity index is 1200. The van der Waals surface area contributed by atoms with Crippen LogP contribution in [0.15, 0.2) is 77.9 Å². The lowest BCUT2D eigenvalue weighted by Gasteiger charge is -2.09. The maximum atomic E-state index is 5.37. The molecule has 31 heavy (non-hydrogen) atoms. The van der Waals surface area contributed by atoms with E-state index in [1.165, 1.54) is 22.2 Å². The molecule has 4 aromatic rings. The molecule has 0 spiro atoms. The maximum Gasteiger partial charge on any atom is 0.161 e. The Morgan fingerprint density at radius 3 is 2.39 bits per heavy atom. The fraction of sp³-hybridized carbons (Fsp3) is 0.192. The molecule has 0 aliphatic carbocycles. The van der Waals surface area contributed by atoms with Crippen LogP contribution in [0.25, 0.3) is 10.9 Å². The average molecular weight is 414 g/mol. The summed E-state index contributed by atoms with van der Waals surface area (Å²) in [6, 6.07) is 24.9. The monoisotopic (exact) mass is 413 g/mol. The second-order valence-corrected chi connectivity index (χ2v) is 7.37. The molecule has 0 aliphatic rings. The van der Waals surface area contributed by atoms with Crippen LogP contribution in [-0.4, -0.2) is 25.0 Å². The normalized spacial score (nSPS) is 11.2. The number of nitrogens with one attached hydrogen (secondary N) is 1. The van der Waals surface area contributed by atoms with Crippen LogP contribution in [0.4, 0.5) is 0 Å². The second kappa shape index (κ2) is 9.39. The van der Waals surface area contributed by atoms with Crippen LogP contribution in [0.1, 0.15) is 22.4 Å². The Kier molecular flexibility index (Phi) is 6.22. The lowest BCUT2D eigenvalue weighted by atomic mass is 10.1. The van der Waals surface area contributed by atoms with Gasteiger partial charge in [0.2, 0.25) is 0 Å². The number of fused-ring (bicyclic) bond motifs is 1. The van der Waals surface area contributed by atoms with Crippen molar-refractivity contribution in [3.05, 3.63) is 95.2 Å². The van der Waals surface area contributed by atoms with E-state index < -0.39 is 0 Å². The van der Waals surface area contributed by atoms with Crippen molar-refractivity contribution in [2.75, 3.05) is 14.2 Å². The number of rotatable bonds is 8. The molecule has 0 aliphatic heterocycles. The van der Waals surface area contributed by atoms with E-state index in [1.54, 1.807) is 14.2 Å². The zero-order chi connectivity index (χ0) is 21.6. The predicted octanol–water partition coefficient (Wildman–Crippen LogP) is 5.14. The van der Waals surface area contributed by atoms with Gasteiger partial charge in [0.15, 0.2) is 11.5 Å². The molecular formula is C26H27N3O2. The highest BCUT2D eigenvalue weighted by atomic mass is 16.5. The first kappa shape index (κ1) is 20.5. The van der Waals surface area contributed by atoms with E-state index in [9.17, 15) is 0 Å². The van der Waals surface area contributed by atoms with Crippen LogP contribution in [-0.2, 0) is 13.1 Å². The fourth-order valence-electron chi connectivity index (χ4n) is 3.83. The minimum absolute atomic E-state index is 0.596. The van der Waals surface area contributed by atoms with Crippen molar-refractivity contribution in [2.24, 2.45) is 5.10 Å². The van der Waals surface area contributed by atoms with Crippen LogP contribution in [0.5, 0.6) is 11.5 Å². The molecule has 0 atom stereocenters. The van der Waals surface area contributed by atoms with Gasteiger partial charge in [0.1, 0.15) is 0 Å². The largest absolute Gasteiger partial charge is 0.493 e. The number of para-hydroxylation sites is 1. The standard InChI is InChI=1S/C26H27N3O2/c1-19-23(17-28-27-16-21-13-14-25(30-2)26(15-21)31-3)22-11-7-8-12-24(22)29(19)18-20-9-5-4-6-10-20/h4-15,17,27H,16,18H2,1-3H3/b28-17-. The number of methoxy groups -OCH3 is 2. The van der Waals surface area contributed by atoms with Gasteiger partial charge in [0.05, 0.1) is 27.0 Å². The van der Waals surface area contributed by atoms with E-state index in [2.05, 4.69) is 70.5 Å². The van der Waals surface area contributed by atoms with Gasteiger partial charge in [0.25, 0.3) is 0 Å². The molecule has 5 nitrogen and oxygen atoms in total. The fourth-order valence-corrected chi connectivity index (χ4v) is 3.83. The van der Waals surface area contributed by atoms with Gasteiger partial charge in [-0.1, -0.05) is 54.6 Å². The summed E-state index contributed by atoms with van der Waals surface area (Å²) < 4.78 is 13.0. The third-order valence-electron chi connectivity index (χ3n) is 5.48. The number of ether oxygens (including phenoxy) is 2. The molecule has 158 valence electrons. The minimum Gasteiger partial charge on any atom is -0.493 e. The molecule has 0 fully saturated rings. The van der Waals surface area contributed by atoms with Gasteiger partial charge in [-0.15, -0.1) is 0 Å². The minimum atomic E-state index is 0.596. The first-order valence-electron chi connectivity index (χ1n) is 10.3. The highest BCUT2D eigenvalue weighted by molar-refractivity contribution is 6.01. The number of hydrogen-bond donors (Lipinski definition) is 1. The van der Waals surface area contributed by atoms with Crippen LogP contribution in [0.2, 0.25) is 0 Å². The molecule has 0 bridgehead atoms. The van der Waals surface area contributed by atoms with Crippen LogP contribution in [0, 0.1) is 6.92 Å². The average Bonchev–Trinajstić information content (AvgIpc) is 3.08. The Morgan fingerprint density at radius 1 is 0.871 bits per heavy atom.